The van der Waals surface area contributed by atoms with Crippen LogP contribution in [-0.2, 0) is 16.1 Å². The van der Waals surface area contributed by atoms with Gasteiger partial charge in [0.05, 0.1) is 13.2 Å². The molecule has 0 aliphatic heterocycles. The average Bonchev–Trinajstić information content (AvgIpc) is 2.76. The fourth-order valence-electron chi connectivity index (χ4n) is 3.74. The van der Waals surface area contributed by atoms with Crippen molar-refractivity contribution in [3.63, 3.8) is 0 Å². The van der Waals surface area contributed by atoms with E-state index in [0.29, 0.717) is 12.5 Å². The molecule has 176 valence electrons. The van der Waals surface area contributed by atoms with E-state index in [1.54, 1.807) is 0 Å². The Hall–Kier alpha value is -0.900. The third-order valence-electron chi connectivity index (χ3n) is 5.88. The molecule has 30 heavy (non-hydrogen) atoms. The van der Waals surface area contributed by atoms with Gasteiger partial charge in [0, 0.05) is 0 Å². The van der Waals surface area contributed by atoms with Crippen LogP contribution < -0.4 is 0 Å². The Kier molecular flexibility index (Phi) is 20.7. The Labute approximate surface area is 187 Å². The molecular formula is C27H50O3. The smallest absolute Gasteiger partial charge is 0.158 e. The summed E-state index contributed by atoms with van der Waals surface area (Å²) in [6.07, 6.45) is 18.2. The highest BCUT2D eigenvalue weighted by Gasteiger charge is 2.13. The summed E-state index contributed by atoms with van der Waals surface area (Å²) in [6.45, 7) is 8.32. The Bertz CT molecular complexity index is 449. The minimum Gasteiger partial charge on any atom is -0.412 e. The monoisotopic (exact) mass is 422 g/mol. The van der Waals surface area contributed by atoms with Crippen molar-refractivity contribution < 1.29 is 14.9 Å². The third kappa shape index (κ3) is 15.9. The number of benzene rings is 1. The Balaban J connectivity index is 0.00000841. The zero-order valence-corrected chi connectivity index (χ0v) is 20.2. The van der Waals surface area contributed by atoms with Gasteiger partial charge in [-0.25, -0.2) is 0 Å². The van der Waals surface area contributed by atoms with Crippen LogP contribution in [0.1, 0.15) is 116 Å². The van der Waals surface area contributed by atoms with Crippen LogP contribution in [0.2, 0.25) is 0 Å². The maximum absolute atomic E-state index is 6.26. The van der Waals surface area contributed by atoms with Crippen molar-refractivity contribution in [3.8, 4) is 0 Å². The standard InChI is InChI=1S/C27H48O2.H2O/c1-4-7-9-10-11-12-13-14-18-22-27(28-23-25(6-3)19-8-5-2)29-24-26-20-16-15-17-21-26;/h15-17,20-21,25,27H,4-14,18-19,22-24H2,1-3H3;1H2. The van der Waals surface area contributed by atoms with Gasteiger partial charge in [-0.1, -0.05) is 122 Å². The molecule has 1 aromatic carbocycles. The highest BCUT2D eigenvalue weighted by atomic mass is 16.7. The lowest BCUT2D eigenvalue weighted by Crippen LogP contribution is -2.21. The van der Waals surface area contributed by atoms with Gasteiger partial charge in [0.2, 0.25) is 0 Å². The summed E-state index contributed by atoms with van der Waals surface area (Å²) < 4.78 is 12.4. The van der Waals surface area contributed by atoms with Gasteiger partial charge in [0.25, 0.3) is 0 Å². The van der Waals surface area contributed by atoms with Crippen molar-refractivity contribution in [3.05, 3.63) is 35.9 Å². The van der Waals surface area contributed by atoms with Gasteiger partial charge in [-0.3, -0.25) is 0 Å². The Morgan fingerprint density at radius 2 is 1.27 bits per heavy atom. The molecule has 0 saturated carbocycles. The van der Waals surface area contributed by atoms with Gasteiger partial charge in [-0.2, -0.15) is 0 Å². The van der Waals surface area contributed by atoms with Gasteiger partial charge in [-0.05, 0) is 30.7 Å². The summed E-state index contributed by atoms with van der Waals surface area (Å²) >= 11 is 0. The Morgan fingerprint density at radius 3 is 1.87 bits per heavy atom. The molecule has 2 N–H and O–H groups in total. The topological polar surface area (TPSA) is 50.0 Å². The molecular weight excluding hydrogens is 372 g/mol. The third-order valence-corrected chi connectivity index (χ3v) is 5.88. The van der Waals surface area contributed by atoms with Crippen molar-refractivity contribution in [1.82, 2.24) is 0 Å². The Morgan fingerprint density at radius 1 is 0.667 bits per heavy atom. The molecule has 2 atom stereocenters. The lowest BCUT2D eigenvalue weighted by molar-refractivity contribution is -0.161. The van der Waals surface area contributed by atoms with Crippen molar-refractivity contribution in [2.24, 2.45) is 5.92 Å². The zero-order chi connectivity index (χ0) is 21.0. The van der Waals surface area contributed by atoms with E-state index >= 15 is 0 Å². The largest absolute Gasteiger partial charge is 0.412 e. The first kappa shape index (κ1) is 29.1. The van der Waals surface area contributed by atoms with Crippen LogP contribution in [0.3, 0.4) is 0 Å². The second-order valence-electron chi connectivity index (χ2n) is 8.59. The first-order valence-corrected chi connectivity index (χ1v) is 12.6. The molecule has 0 fully saturated rings. The van der Waals surface area contributed by atoms with Crippen LogP contribution in [-0.4, -0.2) is 18.4 Å². The number of unbranched alkanes of at least 4 members (excludes halogenated alkanes) is 9. The lowest BCUT2D eigenvalue weighted by atomic mass is 10.0. The molecule has 0 aromatic heterocycles. The summed E-state index contributed by atoms with van der Waals surface area (Å²) in [5, 5.41) is 0. The fourth-order valence-corrected chi connectivity index (χ4v) is 3.74. The van der Waals surface area contributed by atoms with Crippen molar-refractivity contribution >= 4 is 0 Å². The SMILES string of the molecule is CCCCCCCCCCCC(OCc1ccccc1)OCC(CC)CCCC.O. The van der Waals surface area contributed by atoms with Crippen molar-refractivity contribution in [2.75, 3.05) is 6.61 Å². The van der Waals surface area contributed by atoms with Crippen molar-refractivity contribution in [1.29, 1.82) is 0 Å². The molecule has 0 saturated heterocycles. The highest BCUT2D eigenvalue weighted by molar-refractivity contribution is 5.13. The second-order valence-corrected chi connectivity index (χ2v) is 8.59. The van der Waals surface area contributed by atoms with Gasteiger partial charge in [-0.15, -0.1) is 0 Å². The molecule has 0 amide bonds. The maximum atomic E-state index is 6.26. The molecule has 0 heterocycles. The van der Waals surface area contributed by atoms with Gasteiger partial charge in [0.1, 0.15) is 0 Å². The fraction of sp³-hybridized carbons (Fsp3) is 0.778. The van der Waals surface area contributed by atoms with Gasteiger partial charge >= 0.3 is 0 Å². The summed E-state index contributed by atoms with van der Waals surface area (Å²) in [5.74, 6) is 0.667. The molecule has 0 aliphatic rings. The number of hydrogen-bond acceptors (Lipinski definition) is 2. The molecule has 2 unspecified atom stereocenters. The minimum absolute atomic E-state index is 0. The van der Waals surface area contributed by atoms with Crippen molar-refractivity contribution in [2.45, 2.75) is 124 Å². The molecule has 1 rings (SSSR count). The molecule has 0 spiro atoms. The van der Waals surface area contributed by atoms with Crippen LogP contribution in [0.5, 0.6) is 0 Å². The first-order chi connectivity index (χ1) is 14.3. The predicted molar refractivity (Wildman–Crippen MR) is 130 cm³/mol. The zero-order valence-electron chi connectivity index (χ0n) is 20.2. The summed E-state index contributed by atoms with van der Waals surface area (Å²) in [7, 11) is 0. The molecule has 0 bridgehead atoms. The van der Waals surface area contributed by atoms with Crippen LogP contribution in [0, 0.1) is 5.92 Å². The van der Waals surface area contributed by atoms with E-state index in [2.05, 4.69) is 51.1 Å². The lowest BCUT2D eigenvalue weighted by Gasteiger charge is -2.22. The molecule has 0 aliphatic carbocycles. The second kappa shape index (κ2) is 21.3. The quantitative estimate of drug-likeness (QED) is 0.159. The number of ether oxygens (including phenoxy) is 2. The normalized spacial score (nSPS) is 13.0. The van der Waals surface area contributed by atoms with E-state index < -0.39 is 0 Å². The maximum Gasteiger partial charge on any atom is 0.158 e. The summed E-state index contributed by atoms with van der Waals surface area (Å²) in [6, 6.07) is 10.5. The molecule has 1 aromatic rings. The van der Waals surface area contributed by atoms with E-state index in [1.807, 2.05) is 0 Å². The number of hydrogen-bond donors (Lipinski definition) is 0. The van der Waals surface area contributed by atoms with E-state index in [1.165, 1.54) is 89.0 Å². The molecule has 0 radical (unpaired) electrons. The van der Waals surface area contributed by atoms with Crippen LogP contribution in [0.4, 0.5) is 0 Å². The summed E-state index contributed by atoms with van der Waals surface area (Å²) in [5.41, 5.74) is 1.23. The average molecular weight is 423 g/mol. The summed E-state index contributed by atoms with van der Waals surface area (Å²) in [4.78, 5) is 0. The van der Waals surface area contributed by atoms with E-state index in [4.69, 9.17) is 9.47 Å². The van der Waals surface area contributed by atoms with Gasteiger partial charge in [0.15, 0.2) is 6.29 Å². The van der Waals surface area contributed by atoms with E-state index in [9.17, 15) is 0 Å². The van der Waals surface area contributed by atoms with Crippen LogP contribution in [0.15, 0.2) is 30.3 Å². The predicted octanol–water partition coefficient (Wildman–Crippen LogP) is 7.86. The minimum atomic E-state index is -0.0598. The molecule has 3 nitrogen and oxygen atoms in total. The van der Waals surface area contributed by atoms with Crippen LogP contribution in [0.25, 0.3) is 0 Å². The van der Waals surface area contributed by atoms with Gasteiger partial charge < -0.3 is 14.9 Å². The van der Waals surface area contributed by atoms with Crippen LogP contribution >= 0.6 is 0 Å². The van der Waals surface area contributed by atoms with E-state index in [-0.39, 0.29) is 11.8 Å². The molecule has 3 heteroatoms. The number of rotatable bonds is 20. The van der Waals surface area contributed by atoms with E-state index in [0.717, 1.165) is 13.0 Å². The highest BCUT2D eigenvalue weighted by Crippen LogP contribution is 2.18. The first-order valence-electron chi connectivity index (χ1n) is 12.6.